The third-order valence-electron chi connectivity index (χ3n) is 4.07. The van der Waals surface area contributed by atoms with E-state index in [-0.39, 0.29) is 6.09 Å². The Labute approximate surface area is 130 Å². The second-order valence-electron chi connectivity index (χ2n) is 5.64. The molecule has 2 aromatic rings. The van der Waals surface area contributed by atoms with Crippen LogP contribution in [0.4, 0.5) is 4.79 Å². The molecule has 116 valence electrons. The molecule has 1 N–H and O–H groups in total. The number of ether oxygens (including phenoxy) is 1. The smallest absolute Gasteiger partial charge is 0.410 e. The molecule has 0 unspecified atom stereocenters. The molecule has 22 heavy (non-hydrogen) atoms. The standard InChI is InChI=1S/C18H22N2O2/c1-2-3-4-7-12-22-18(21)20-11-10-15-14-8-5-6-9-16(14)19-17(15)13-20/h4-9,19H,2-3,10-13H2,1H3. The zero-order chi connectivity index (χ0) is 15.4. The van der Waals surface area contributed by atoms with Crippen molar-refractivity contribution in [2.75, 3.05) is 13.2 Å². The number of para-hydroxylation sites is 1. The van der Waals surface area contributed by atoms with E-state index in [1.807, 2.05) is 12.1 Å². The number of H-pyrrole nitrogens is 1. The fourth-order valence-electron chi connectivity index (χ4n) is 2.91. The third-order valence-corrected chi connectivity index (χ3v) is 4.07. The lowest BCUT2D eigenvalue weighted by Crippen LogP contribution is -2.36. The molecule has 0 atom stereocenters. The van der Waals surface area contributed by atoms with E-state index in [9.17, 15) is 4.79 Å². The third kappa shape index (κ3) is 3.01. The van der Waals surface area contributed by atoms with Crippen LogP contribution in [0.1, 0.15) is 31.0 Å². The van der Waals surface area contributed by atoms with Crippen LogP contribution in [0.3, 0.4) is 0 Å². The predicted molar refractivity (Wildman–Crippen MR) is 87.8 cm³/mol. The van der Waals surface area contributed by atoms with Gasteiger partial charge >= 0.3 is 6.09 Å². The van der Waals surface area contributed by atoms with Gasteiger partial charge in [0, 0.05) is 23.1 Å². The van der Waals surface area contributed by atoms with E-state index >= 15 is 0 Å². The van der Waals surface area contributed by atoms with Gasteiger partial charge in [-0.2, -0.15) is 0 Å². The number of allylic oxidation sites excluding steroid dienone is 1. The van der Waals surface area contributed by atoms with Crippen LogP contribution in [-0.4, -0.2) is 29.1 Å². The zero-order valence-corrected chi connectivity index (χ0v) is 13.0. The van der Waals surface area contributed by atoms with E-state index in [2.05, 4.69) is 36.2 Å². The van der Waals surface area contributed by atoms with E-state index in [1.54, 1.807) is 4.90 Å². The highest BCUT2D eigenvalue weighted by molar-refractivity contribution is 5.85. The summed E-state index contributed by atoms with van der Waals surface area (Å²) in [5.74, 6) is 0. The van der Waals surface area contributed by atoms with Crippen LogP contribution in [0.5, 0.6) is 0 Å². The number of unbranched alkanes of at least 4 members (excludes halogenated alkanes) is 1. The van der Waals surface area contributed by atoms with Crippen molar-refractivity contribution >= 4 is 17.0 Å². The number of aromatic nitrogens is 1. The number of carbonyl (C=O) groups excluding carboxylic acids is 1. The molecule has 1 aromatic heterocycles. The Hall–Kier alpha value is -2.23. The van der Waals surface area contributed by atoms with Crippen LogP contribution in [0.2, 0.25) is 0 Å². The van der Waals surface area contributed by atoms with Crippen molar-refractivity contribution in [1.29, 1.82) is 0 Å². The largest absolute Gasteiger partial charge is 0.445 e. The zero-order valence-electron chi connectivity index (χ0n) is 13.0. The second-order valence-corrected chi connectivity index (χ2v) is 5.64. The van der Waals surface area contributed by atoms with Crippen molar-refractivity contribution in [2.24, 2.45) is 0 Å². The quantitative estimate of drug-likeness (QED) is 0.867. The highest BCUT2D eigenvalue weighted by atomic mass is 16.6. The van der Waals surface area contributed by atoms with Gasteiger partial charge in [-0.05, 0) is 24.5 Å². The molecule has 0 bridgehead atoms. The van der Waals surface area contributed by atoms with Gasteiger partial charge in [-0.15, -0.1) is 0 Å². The van der Waals surface area contributed by atoms with Crippen molar-refractivity contribution < 1.29 is 9.53 Å². The molecule has 1 aliphatic heterocycles. The van der Waals surface area contributed by atoms with Gasteiger partial charge in [-0.1, -0.05) is 43.7 Å². The molecule has 1 amide bonds. The molecule has 0 aliphatic carbocycles. The number of hydrogen-bond donors (Lipinski definition) is 1. The Morgan fingerprint density at radius 2 is 2.23 bits per heavy atom. The Bertz CT molecular complexity index is 687. The molecule has 0 radical (unpaired) electrons. The molecule has 4 nitrogen and oxygen atoms in total. The topological polar surface area (TPSA) is 45.3 Å². The first-order chi connectivity index (χ1) is 10.8. The fraction of sp³-hybridized carbons (Fsp3) is 0.389. The van der Waals surface area contributed by atoms with Crippen molar-refractivity contribution in [3.63, 3.8) is 0 Å². The highest BCUT2D eigenvalue weighted by Crippen LogP contribution is 2.27. The molecule has 4 heteroatoms. The monoisotopic (exact) mass is 298 g/mol. The van der Waals surface area contributed by atoms with Gasteiger partial charge in [0.05, 0.1) is 6.54 Å². The Morgan fingerprint density at radius 1 is 1.36 bits per heavy atom. The van der Waals surface area contributed by atoms with Crippen molar-refractivity contribution in [1.82, 2.24) is 9.88 Å². The first-order valence-electron chi connectivity index (χ1n) is 7.94. The number of aromatic amines is 1. The van der Waals surface area contributed by atoms with Gasteiger partial charge in [0.25, 0.3) is 0 Å². The minimum absolute atomic E-state index is 0.231. The first-order valence-corrected chi connectivity index (χ1v) is 7.94. The van der Waals surface area contributed by atoms with Gasteiger partial charge in [0.2, 0.25) is 0 Å². The summed E-state index contributed by atoms with van der Waals surface area (Å²) < 4.78 is 5.30. The van der Waals surface area contributed by atoms with Crippen molar-refractivity contribution in [3.8, 4) is 0 Å². The van der Waals surface area contributed by atoms with Crippen LogP contribution in [-0.2, 0) is 17.7 Å². The van der Waals surface area contributed by atoms with Crippen LogP contribution in [0, 0.1) is 0 Å². The maximum atomic E-state index is 12.1. The van der Waals surface area contributed by atoms with Crippen LogP contribution in [0.15, 0.2) is 36.4 Å². The number of benzene rings is 1. The van der Waals surface area contributed by atoms with E-state index in [0.29, 0.717) is 19.7 Å². The lowest BCUT2D eigenvalue weighted by molar-refractivity contribution is 0.107. The summed E-state index contributed by atoms with van der Waals surface area (Å²) in [6.07, 6.45) is 6.75. The van der Waals surface area contributed by atoms with E-state index in [1.165, 1.54) is 10.9 Å². The van der Waals surface area contributed by atoms with E-state index in [4.69, 9.17) is 4.74 Å². The molecule has 3 rings (SSSR count). The normalized spacial score (nSPS) is 14.5. The number of nitrogens with zero attached hydrogens (tertiary/aromatic N) is 1. The lowest BCUT2D eigenvalue weighted by atomic mass is 10.0. The molecular weight excluding hydrogens is 276 g/mol. The van der Waals surface area contributed by atoms with Crippen LogP contribution in [0.25, 0.3) is 10.9 Å². The lowest BCUT2D eigenvalue weighted by Gasteiger charge is -2.26. The summed E-state index contributed by atoms with van der Waals surface area (Å²) in [4.78, 5) is 17.3. The number of hydrogen-bond acceptors (Lipinski definition) is 2. The summed E-state index contributed by atoms with van der Waals surface area (Å²) in [5.41, 5.74) is 3.61. The van der Waals surface area contributed by atoms with E-state index < -0.39 is 0 Å². The minimum atomic E-state index is -0.231. The molecule has 1 aliphatic rings. The molecule has 2 heterocycles. The fourth-order valence-corrected chi connectivity index (χ4v) is 2.91. The Balaban J connectivity index is 1.63. The van der Waals surface area contributed by atoms with E-state index in [0.717, 1.165) is 30.5 Å². The summed E-state index contributed by atoms with van der Waals surface area (Å²) in [6, 6.07) is 8.30. The SMILES string of the molecule is CCCC=CCOC(=O)N1CCc2c([nH]c3ccccc23)C1. The van der Waals surface area contributed by atoms with Gasteiger partial charge < -0.3 is 14.6 Å². The van der Waals surface area contributed by atoms with Crippen molar-refractivity contribution in [2.45, 2.75) is 32.7 Å². The Kier molecular flexibility index (Phi) is 4.47. The van der Waals surface area contributed by atoms with Crippen LogP contribution >= 0.6 is 0 Å². The van der Waals surface area contributed by atoms with Gasteiger partial charge in [-0.3, -0.25) is 0 Å². The second kappa shape index (κ2) is 6.69. The minimum Gasteiger partial charge on any atom is -0.445 e. The summed E-state index contributed by atoms with van der Waals surface area (Å²) >= 11 is 0. The summed E-state index contributed by atoms with van der Waals surface area (Å²) in [5, 5.41) is 1.27. The molecule has 0 fully saturated rings. The molecule has 0 spiro atoms. The number of carbonyl (C=O) groups is 1. The predicted octanol–water partition coefficient (Wildman–Crippen LogP) is 4.02. The Morgan fingerprint density at radius 3 is 3.09 bits per heavy atom. The number of amides is 1. The summed E-state index contributed by atoms with van der Waals surface area (Å²) in [6.45, 7) is 3.80. The van der Waals surface area contributed by atoms with Crippen LogP contribution < -0.4 is 0 Å². The molecule has 0 saturated heterocycles. The molecule has 0 saturated carbocycles. The maximum Gasteiger partial charge on any atom is 0.410 e. The number of fused-ring (bicyclic) bond motifs is 3. The van der Waals surface area contributed by atoms with Gasteiger partial charge in [0.15, 0.2) is 0 Å². The first kappa shape index (κ1) is 14.7. The van der Waals surface area contributed by atoms with Gasteiger partial charge in [-0.25, -0.2) is 4.79 Å². The van der Waals surface area contributed by atoms with Crippen molar-refractivity contribution in [3.05, 3.63) is 47.7 Å². The average molecular weight is 298 g/mol. The number of rotatable bonds is 4. The molecule has 1 aromatic carbocycles. The number of nitrogens with one attached hydrogen (secondary N) is 1. The van der Waals surface area contributed by atoms with Gasteiger partial charge in [0.1, 0.15) is 6.61 Å². The maximum absolute atomic E-state index is 12.1. The average Bonchev–Trinajstić information content (AvgIpc) is 2.92. The highest BCUT2D eigenvalue weighted by Gasteiger charge is 2.24. The summed E-state index contributed by atoms with van der Waals surface area (Å²) in [7, 11) is 0. The molecular formula is C18H22N2O2.